The van der Waals surface area contributed by atoms with Crippen LogP contribution >= 0.6 is 0 Å². The van der Waals surface area contributed by atoms with E-state index in [0.29, 0.717) is 0 Å². The van der Waals surface area contributed by atoms with Crippen LogP contribution in [0, 0.1) is 23.7 Å². The van der Waals surface area contributed by atoms with Gasteiger partial charge in [0.15, 0.2) is 0 Å². The van der Waals surface area contributed by atoms with Gasteiger partial charge in [0, 0.05) is 19.1 Å². The molecule has 0 radical (unpaired) electrons. The lowest BCUT2D eigenvalue weighted by Gasteiger charge is -2.42. The maximum absolute atomic E-state index is 3.58. The lowest BCUT2D eigenvalue weighted by atomic mass is 9.76. The first-order valence-electron chi connectivity index (χ1n) is 8.53. The number of hydrogen-bond acceptors (Lipinski definition) is 2. The van der Waals surface area contributed by atoms with Crippen molar-refractivity contribution >= 4 is 0 Å². The van der Waals surface area contributed by atoms with Gasteiger partial charge < -0.3 is 10.2 Å². The van der Waals surface area contributed by atoms with Crippen LogP contribution in [-0.2, 0) is 0 Å². The van der Waals surface area contributed by atoms with Crippen LogP contribution in [0.4, 0.5) is 0 Å². The molecule has 1 saturated carbocycles. The summed E-state index contributed by atoms with van der Waals surface area (Å²) in [5, 5.41) is 3.58. The van der Waals surface area contributed by atoms with Gasteiger partial charge in [-0.25, -0.2) is 0 Å². The molecule has 5 atom stereocenters. The molecule has 2 heteroatoms. The second kappa shape index (κ2) is 7.08. The van der Waals surface area contributed by atoms with Gasteiger partial charge in [-0.2, -0.15) is 0 Å². The molecule has 0 spiro atoms. The summed E-state index contributed by atoms with van der Waals surface area (Å²) in [4.78, 5) is 2.75. The van der Waals surface area contributed by atoms with Crippen molar-refractivity contribution in [2.45, 2.75) is 58.9 Å². The molecule has 0 aromatic carbocycles. The Balaban J connectivity index is 1.88. The number of rotatable bonds is 4. The highest BCUT2D eigenvalue weighted by molar-refractivity contribution is 4.87. The van der Waals surface area contributed by atoms with E-state index >= 15 is 0 Å². The minimum atomic E-state index is 0.762. The molecule has 112 valence electrons. The van der Waals surface area contributed by atoms with Gasteiger partial charge in [0.1, 0.15) is 0 Å². The van der Waals surface area contributed by atoms with Crippen molar-refractivity contribution in [3.8, 4) is 0 Å². The average molecular weight is 266 g/mol. The van der Waals surface area contributed by atoms with Gasteiger partial charge in [-0.1, -0.05) is 27.2 Å². The van der Waals surface area contributed by atoms with Gasteiger partial charge in [0.25, 0.3) is 0 Å². The van der Waals surface area contributed by atoms with Crippen LogP contribution in [0.5, 0.6) is 0 Å². The molecule has 2 aliphatic rings. The van der Waals surface area contributed by atoms with E-state index in [1.54, 1.807) is 0 Å². The zero-order valence-electron chi connectivity index (χ0n) is 13.5. The van der Waals surface area contributed by atoms with Crippen molar-refractivity contribution in [2.75, 3.05) is 26.7 Å². The van der Waals surface area contributed by atoms with Crippen molar-refractivity contribution in [1.82, 2.24) is 10.2 Å². The lowest BCUT2D eigenvalue weighted by molar-refractivity contribution is 0.0888. The van der Waals surface area contributed by atoms with Crippen molar-refractivity contribution < 1.29 is 0 Å². The van der Waals surface area contributed by atoms with E-state index in [-0.39, 0.29) is 0 Å². The van der Waals surface area contributed by atoms with Crippen LogP contribution in [0.1, 0.15) is 52.9 Å². The van der Waals surface area contributed by atoms with Crippen LogP contribution in [0.2, 0.25) is 0 Å². The zero-order valence-corrected chi connectivity index (χ0v) is 13.5. The Hall–Kier alpha value is -0.0800. The van der Waals surface area contributed by atoms with Crippen molar-refractivity contribution in [3.05, 3.63) is 0 Å². The average Bonchev–Trinajstić information content (AvgIpc) is 2.43. The quantitative estimate of drug-likeness (QED) is 0.839. The predicted molar refractivity (Wildman–Crippen MR) is 83.4 cm³/mol. The molecular formula is C17H34N2. The van der Waals surface area contributed by atoms with Gasteiger partial charge in [-0.3, -0.25) is 0 Å². The molecule has 1 aliphatic carbocycles. The van der Waals surface area contributed by atoms with Gasteiger partial charge >= 0.3 is 0 Å². The number of nitrogens with zero attached hydrogens (tertiary/aromatic N) is 1. The van der Waals surface area contributed by atoms with Crippen LogP contribution in [0.25, 0.3) is 0 Å². The fourth-order valence-corrected chi connectivity index (χ4v) is 4.16. The van der Waals surface area contributed by atoms with E-state index in [2.05, 4.69) is 38.0 Å². The molecule has 19 heavy (non-hydrogen) atoms. The van der Waals surface area contributed by atoms with E-state index in [1.165, 1.54) is 51.7 Å². The molecule has 1 aliphatic heterocycles. The van der Waals surface area contributed by atoms with Gasteiger partial charge in [0.2, 0.25) is 0 Å². The maximum atomic E-state index is 3.58. The van der Waals surface area contributed by atoms with Crippen molar-refractivity contribution in [1.29, 1.82) is 0 Å². The third-order valence-corrected chi connectivity index (χ3v) is 5.95. The molecule has 1 saturated heterocycles. The number of hydrogen-bond donors (Lipinski definition) is 1. The fourth-order valence-electron chi connectivity index (χ4n) is 4.16. The summed E-state index contributed by atoms with van der Waals surface area (Å²) in [5.41, 5.74) is 0. The molecule has 0 aromatic heterocycles. The Morgan fingerprint density at radius 1 is 1.11 bits per heavy atom. The predicted octanol–water partition coefficient (Wildman–Crippen LogP) is 3.38. The molecule has 1 N–H and O–H groups in total. The van der Waals surface area contributed by atoms with Crippen LogP contribution < -0.4 is 5.32 Å². The third kappa shape index (κ3) is 3.95. The first-order valence-corrected chi connectivity index (χ1v) is 8.53. The SMILES string of the molecule is CCC1CCC(NC)C(CN2CCC(C)C(C)C2)C1. The second-order valence-electron chi connectivity index (χ2n) is 7.25. The van der Waals surface area contributed by atoms with Crippen LogP contribution in [0.15, 0.2) is 0 Å². The fraction of sp³-hybridized carbons (Fsp3) is 1.00. The molecule has 5 unspecified atom stereocenters. The summed E-state index contributed by atoms with van der Waals surface area (Å²) < 4.78 is 0. The second-order valence-corrected chi connectivity index (χ2v) is 7.25. The first-order chi connectivity index (χ1) is 9.13. The number of nitrogens with one attached hydrogen (secondary N) is 1. The van der Waals surface area contributed by atoms with E-state index in [0.717, 1.165) is 29.7 Å². The number of piperidine rings is 1. The molecule has 1 heterocycles. The third-order valence-electron chi connectivity index (χ3n) is 5.95. The lowest BCUT2D eigenvalue weighted by Crippen LogP contribution is -2.47. The molecule has 2 rings (SSSR count). The molecule has 2 nitrogen and oxygen atoms in total. The Bertz CT molecular complexity index is 266. The van der Waals surface area contributed by atoms with E-state index in [9.17, 15) is 0 Å². The monoisotopic (exact) mass is 266 g/mol. The maximum Gasteiger partial charge on any atom is 0.0105 e. The van der Waals surface area contributed by atoms with Crippen LogP contribution in [0.3, 0.4) is 0 Å². The minimum absolute atomic E-state index is 0.762. The minimum Gasteiger partial charge on any atom is -0.317 e. The summed E-state index contributed by atoms with van der Waals surface area (Å²) in [6.45, 7) is 11.2. The Morgan fingerprint density at radius 3 is 2.53 bits per heavy atom. The van der Waals surface area contributed by atoms with Crippen molar-refractivity contribution in [2.24, 2.45) is 23.7 Å². The van der Waals surface area contributed by atoms with Gasteiger partial charge in [-0.05, 0) is 62.9 Å². The van der Waals surface area contributed by atoms with Gasteiger partial charge in [0.05, 0.1) is 0 Å². The molecule has 2 fully saturated rings. The van der Waals surface area contributed by atoms with E-state index in [4.69, 9.17) is 0 Å². The first kappa shape index (κ1) is 15.3. The molecule has 0 amide bonds. The summed E-state index contributed by atoms with van der Waals surface area (Å²) in [6.07, 6.45) is 7.05. The number of likely N-dealkylation sites (tertiary alicyclic amines) is 1. The zero-order chi connectivity index (χ0) is 13.8. The van der Waals surface area contributed by atoms with E-state index in [1.807, 2.05) is 0 Å². The highest BCUT2D eigenvalue weighted by Crippen LogP contribution is 2.33. The standard InChI is InChI=1S/C17H34N2/c1-5-15-6-7-17(18-4)16(10-15)12-19-9-8-13(2)14(3)11-19/h13-18H,5-12H2,1-4H3. The highest BCUT2D eigenvalue weighted by atomic mass is 15.1. The topological polar surface area (TPSA) is 15.3 Å². The summed E-state index contributed by atoms with van der Waals surface area (Å²) in [6, 6.07) is 0.762. The Labute approximate surface area is 120 Å². The Kier molecular flexibility index (Phi) is 5.70. The van der Waals surface area contributed by atoms with Crippen LogP contribution in [-0.4, -0.2) is 37.6 Å². The molecule has 0 bridgehead atoms. The largest absolute Gasteiger partial charge is 0.317 e. The molecular weight excluding hydrogens is 232 g/mol. The molecule has 0 aromatic rings. The smallest absolute Gasteiger partial charge is 0.0105 e. The van der Waals surface area contributed by atoms with Gasteiger partial charge in [-0.15, -0.1) is 0 Å². The van der Waals surface area contributed by atoms with Crippen molar-refractivity contribution in [3.63, 3.8) is 0 Å². The summed E-state index contributed by atoms with van der Waals surface area (Å²) in [5.74, 6) is 3.67. The highest BCUT2D eigenvalue weighted by Gasteiger charge is 2.31. The van der Waals surface area contributed by atoms with E-state index < -0.39 is 0 Å². The normalized spacial score (nSPS) is 41.4. The summed E-state index contributed by atoms with van der Waals surface area (Å²) in [7, 11) is 2.16. The summed E-state index contributed by atoms with van der Waals surface area (Å²) >= 11 is 0. The Morgan fingerprint density at radius 2 is 1.89 bits per heavy atom.